The average Bonchev–Trinajstić information content (AvgIpc) is 2.77. The van der Waals surface area contributed by atoms with E-state index >= 15 is 0 Å². The number of nitrogens with zero attached hydrogens (tertiary/aromatic N) is 1. The summed E-state index contributed by atoms with van der Waals surface area (Å²) in [5, 5.41) is 6.65. The SMILES string of the molecule is CN=C(NCCc1ccc(OC)c(OC)c1)NCc1ccc(OCCOC)cc1.I. The summed E-state index contributed by atoms with van der Waals surface area (Å²) in [6, 6.07) is 13.9. The van der Waals surface area contributed by atoms with Crippen LogP contribution in [0.15, 0.2) is 47.5 Å². The van der Waals surface area contributed by atoms with Crippen LogP contribution in [0.4, 0.5) is 0 Å². The molecule has 0 spiro atoms. The fourth-order valence-electron chi connectivity index (χ4n) is 2.71. The lowest BCUT2D eigenvalue weighted by atomic mass is 10.1. The summed E-state index contributed by atoms with van der Waals surface area (Å²) in [7, 11) is 6.70. The molecule has 7 nitrogen and oxygen atoms in total. The van der Waals surface area contributed by atoms with Gasteiger partial charge < -0.3 is 29.6 Å². The third kappa shape index (κ3) is 8.66. The zero-order chi connectivity index (χ0) is 20.9. The van der Waals surface area contributed by atoms with Crippen LogP contribution in [0.5, 0.6) is 17.2 Å². The second-order valence-electron chi connectivity index (χ2n) is 6.28. The van der Waals surface area contributed by atoms with Gasteiger partial charge in [-0.05, 0) is 41.8 Å². The molecule has 0 fully saturated rings. The van der Waals surface area contributed by atoms with Crippen LogP contribution in [0.3, 0.4) is 0 Å². The molecule has 0 heterocycles. The maximum Gasteiger partial charge on any atom is 0.191 e. The molecule has 0 atom stereocenters. The minimum Gasteiger partial charge on any atom is -0.493 e. The Morgan fingerprint density at radius 1 is 0.867 bits per heavy atom. The molecule has 0 amide bonds. The zero-order valence-electron chi connectivity index (χ0n) is 18.1. The highest BCUT2D eigenvalue weighted by molar-refractivity contribution is 14.0. The van der Waals surface area contributed by atoms with E-state index in [9.17, 15) is 0 Å². The molecule has 166 valence electrons. The molecule has 30 heavy (non-hydrogen) atoms. The maximum absolute atomic E-state index is 5.58. The molecule has 0 bridgehead atoms. The third-order valence-corrected chi connectivity index (χ3v) is 4.32. The predicted octanol–water partition coefficient (Wildman–Crippen LogP) is 3.25. The van der Waals surface area contributed by atoms with Crippen LogP contribution >= 0.6 is 24.0 Å². The zero-order valence-corrected chi connectivity index (χ0v) is 20.4. The molecule has 0 aliphatic rings. The van der Waals surface area contributed by atoms with E-state index in [1.165, 1.54) is 0 Å². The number of guanidine groups is 1. The molecule has 2 rings (SSSR count). The summed E-state index contributed by atoms with van der Waals surface area (Å²) in [6.45, 7) is 2.55. The maximum atomic E-state index is 5.58. The molecule has 0 aliphatic carbocycles. The quantitative estimate of drug-likeness (QED) is 0.202. The summed E-state index contributed by atoms with van der Waals surface area (Å²) in [6.07, 6.45) is 0.842. The number of aliphatic imine (C=N–C) groups is 1. The van der Waals surface area contributed by atoms with Crippen molar-refractivity contribution in [2.75, 3.05) is 48.1 Å². The number of nitrogens with one attached hydrogen (secondary N) is 2. The number of hydrogen-bond acceptors (Lipinski definition) is 5. The van der Waals surface area contributed by atoms with Gasteiger partial charge in [0.05, 0.1) is 20.8 Å². The summed E-state index contributed by atoms with van der Waals surface area (Å²) in [4.78, 5) is 4.27. The highest BCUT2D eigenvalue weighted by Gasteiger charge is 2.05. The Bertz CT molecular complexity index is 769. The normalized spacial score (nSPS) is 10.7. The number of methoxy groups -OCH3 is 3. The summed E-state index contributed by atoms with van der Waals surface area (Å²) in [5.74, 6) is 3.06. The molecule has 0 radical (unpaired) electrons. The lowest BCUT2D eigenvalue weighted by Gasteiger charge is -2.13. The molecule has 0 saturated carbocycles. The smallest absolute Gasteiger partial charge is 0.191 e. The third-order valence-electron chi connectivity index (χ3n) is 4.32. The van der Waals surface area contributed by atoms with E-state index < -0.39 is 0 Å². The van der Waals surface area contributed by atoms with Gasteiger partial charge in [0, 0.05) is 27.2 Å². The van der Waals surface area contributed by atoms with Crippen LogP contribution in [0, 0.1) is 0 Å². The second kappa shape index (κ2) is 14.7. The molecular weight excluding hydrogens is 497 g/mol. The lowest BCUT2D eigenvalue weighted by Crippen LogP contribution is -2.37. The van der Waals surface area contributed by atoms with Crippen molar-refractivity contribution in [3.05, 3.63) is 53.6 Å². The minimum atomic E-state index is 0. The van der Waals surface area contributed by atoms with Crippen LogP contribution in [-0.4, -0.2) is 54.1 Å². The summed E-state index contributed by atoms with van der Waals surface area (Å²) < 4.78 is 21.2. The fraction of sp³-hybridized carbons (Fsp3) is 0.409. The Morgan fingerprint density at radius 3 is 2.20 bits per heavy atom. The highest BCUT2D eigenvalue weighted by atomic mass is 127. The van der Waals surface area contributed by atoms with E-state index in [4.69, 9.17) is 18.9 Å². The molecule has 2 aromatic carbocycles. The Morgan fingerprint density at radius 2 is 1.57 bits per heavy atom. The van der Waals surface area contributed by atoms with E-state index in [1.807, 2.05) is 42.5 Å². The van der Waals surface area contributed by atoms with Crippen molar-refractivity contribution in [3.8, 4) is 17.2 Å². The van der Waals surface area contributed by atoms with Gasteiger partial charge in [-0.2, -0.15) is 0 Å². The molecule has 8 heteroatoms. The van der Waals surface area contributed by atoms with Crippen molar-refractivity contribution in [2.24, 2.45) is 4.99 Å². The van der Waals surface area contributed by atoms with Gasteiger partial charge in [-0.3, -0.25) is 4.99 Å². The van der Waals surface area contributed by atoms with Crippen LogP contribution in [-0.2, 0) is 17.7 Å². The van der Waals surface area contributed by atoms with Crippen molar-refractivity contribution in [1.29, 1.82) is 0 Å². The second-order valence-corrected chi connectivity index (χ2v) is 6.28. The number of benzene rings is 2. The van der Waals surface area contributed by atoms with Gasteiger partial charge in [-0.25, -0.2) is 0 Å². The van der Waals surface area contributed by atoms with Gasteiger partial charge in [-0.15, -0.1) is 24.0 Å². The first kappa shape index (κ1) is 25.8. The number of hydrogen-bond donors (Lipinski definition) is 2. The number of halogens is 1. The monoisotopic (exact) mass is 529 g/mol. The van der Waals surface area contributed by atoms with Gasteiger partial charge in [-0.1, -0.05) is 18.2 Å². The first-order valence-electron chi connectivity index (χ1n) is 9.56. The molecule has 0 saturated heterocycles. The highest BCUT2D eigenvalue weighted by Crippen LogP contribution is 2.27. The Hall–Kier alpha value is -2.20. The molecular formula is C22H32IN3O4. The summed E-state index contributed by atoms with van der Waals surface area (Å²) in [5.41, 5.74) is 2.31. The van der Waals surface area contributed by atoms with Gasteiger partial charge in [0.15, 0.2) is 17.5 Å². The molecule has 0 aliphatic heterocycles. The number of ether oxygens (including phenoxy) is 4. The average molecular weight is 529 g/mol. The summed E-state index contributed by atoms with van der Waals surface area (Å²) >= 11 is 0. The first-order valence-corrected chi connectivity index (χ1v) is 9.56. The van der Waals surface area contributed by atoms with Crippen LogP contribution in [0.25, 0.3) is 0 Å². The lowest BCUT2D eigenvalue weighted by molar-refractivity contribution is 0.146. The minimum absolute atomic E-state index is 0. The predicted molar refractivity (Wildman–Crippen MR) is 131 cm³/mol. The van der Waals surface area contributed by atoms with Crippen molar-refractivity contribution < 1.29 is 18.9 Å². The van der Waals surface area contributed by atoms with E-state index in [0.29, 0.717) is 19.8 Å². The Balaban J connectivity index is 0.00000450. The Labute approximate surface area is 196 Å². The van der Waals surface area contributed by atoms with Crippen molar-refractivity contribution in [2.45, 2.75) is 13.0 Å². The van der Waals surface area contributed by atoms with Crippen molar-refractivity contribution in [1.82, 2.24) is 10.6 Å². The molecule has 0 aromatic heterocycles. The molecule has 2 aromatic rings. The van der Waals surface area contributed by atoms with Crippen LogP contribution in [0.2, 0.25) is 0 Å². The van der Waals surface area contributed by atoms with Gasteiger partial charge in [0.25, 0.3) is 0 Å². The topological polar surface area (TPSA) is 73.3 Å². The fourth-order valence-corrected chi connectivity index (χ4v) is 2.71. The van der Waals surface area contributed by atoms with Gasteiger partial charge in [0.1, 0.15) is 12.4 Å². The van der Waals surface area contributed by atoms with Crippen molar-refractivity contribution >= 4 is 29.9 Å². The van der Waals surface area contributed by atoms with Gasteiger partial charge >= 0.3 is 0 Å². The van der Waals surface area contributed by atoms with Gasteiger partial charge in [0.2, 0.25) is 0 Å². The van der Waals surface area contributed by atoms with E-state index in [-0.39, 0.29) is 24.0 Å². The first-order chi connectivity index (χ1) is 14.2. The largest absolute Gasteiger partial charge is 0.493 e. The van der Waals surface area contributed by atoms with E-state index in [0.717, 1.165) is 47.3 Å². The van der Waals surface area contributed by atoms with Crippen molar-refractivity contribution in [3.63, 3.8) is 0 Å². The van der Waals surface area contributed by atoms with E-state index in [1.54, 1.807) is 28.4 Å². The molecule has 0 unspecified atom stereocenters. The molecule has 2 N–H and O–H groups in total. The van der Waals surface area contributed by atoms with E-state index in [2.05, 4.69) is 15.6 Å². The van der Waals surface area contributed by atoms with Crippen LogP contribution < -0.4 is 24.8 Å². The standard InChI is InChI=1S/C22H31N3O4.HI/c1-23-22(24-12-11-17-7-10-20(27-3)21(15-17)28-4)25-16-18-5-8-19(9-6-18)29-14-13-26-2;/h5-10,15H,11-14,16H2,1-4H3,(H2,23,24,25);1H. The number of rotatable bonds is 11. The Kier molecular flexibility index (Phi) is 12.7. The van der Waals surface area contributed by atoms with Crippen LogP contribution in [0.1, 0.15) is 11.1 Å².